The number of benzene rings is 3. The lowest BCUT2D eigenvalue weighted by Crippen LogP contribution is -2.16. The maximum absolute atomic E-state index is 12.9. The van der Waals surface area contributed by atoms with E-state index >= 15 is 0 Å². The molecule has 3 rings (SSSR count). The second kappa shape index (κ2) is 11.3. The van der Waals surface area contributed by atoms with Crippen molar-refractivity contribution in [3.05, 3.63) is 89.0 Å². The number of amides is 2. The third-order valence-corrected chi connectivity index (χ3v) is 6.68. The van der Waals surface area contributed by atoms with Crippen molar-refractivity contribution in [2.24, 2.45) is 0 Å². The van der Waals surface area contributed by atoms with Crippen LogP contribution in [0.1, 0.15) is 31.8 Å². The van der Waals surface area contributed by atoms with Crippen LogP contribution in [0.2, 0.25) is 39.3 Å². The Morgan fingerprint density at radius 1 is 0.622 bits per heavy atom. The number of hydrogen-bond acceptors (Lipinski definition) is 3. The predicted molar refractivity (Wildman–Crippen MR) is 160 cm³/mol. The fourth-order valence-corrected chi connectivity index (χ4v) is 4.15. The summed E-state index contributed by atoms with van der Waals surface area (Å²) in [6.45, 7) is 13.1. The fourth-order valence-electron chi connectivity index (χ4n) is 3.11. The lowest BCUT2D eigenvalue weighted by molar-refractivity contribution is 0.102. The van der Waals surface area contributed by atoms with E-state index in [2.05, 4.69) is 72.8 Å². The van der Waals surface area contributed by atoms with Crippen LogP contribution in [0.5, 0.6) is 0 Å². The molecule has 0 aliphatic carbocycles. The van der Waals surface area contributed by atoms with Gasteiger partial charge in [-0.2, -0.15) is 0 Å². The van der Waals surface area contributed by atoms with Crippen LogP contribution in [0.25, 0.3) is 0 Å². The Hall–Kier alpha value is -4.05. The van der Waals surface area contributed by atoms with Crippen molar-refractivity contribution in [2.45, 2.75) is 39.3 Å². The first kappa shape index (κ1) is 27.5. The summed E-state index contributed by atoms with van der Waals surface area (Å²) in [6, 6.07) is 19.4. The van der Waals surface area contributed by atoms with Crippen molar-refractivity contribution in [3.8, 4) is 22.9 Å². The normalized spacial score (nSPS) is 10.9. The zero-order valence-electron chi connectivity index (χ0n) is 22.2. The molecule has 0 bridgehead atoms. The van der Waals surface area contributed by atoms with Gasteiger partial charge in [0.1, 0.15) is 16.1 Å². The van der Waals surface area contributed by atoms with Crippen molar-refractivity contribution < 1.29 is 9.59 Å². The van der Waals surface area contributed by atoms with E-state index in [4.69, 9.17) is 5.73 Å². The monoisotopic (exact) mass is 523 g/mol. The van der Waals surface area contributed by atoms with Crippen molar-refractivity contribution in [3.63, 3.8) is 0 Å². The minimum atomic E-state index is -1.46. The van der Waals surface area contributed by atoms with E-state index in [1.807, 2.05) is 48.5 Å². The van der Waals surface area contributed by atoms with Crippen LogP contribution in [-0.4, -0.2) is 28.0 Å². The highest BCUT2D eigenvalue weighted by molar-refractivity contribution is 6.84. The molecule has 0 spiro atoms. The number of nitrogens with one attached hydrogen (secondary N) is 2. The minimum Gasteiger partial charge on any atom is -0.399 e. The first-order valence-electron chi connectivity index (χ1n) is 12.1. The SMILES string of the molecule is C[Si](C)(C)C#Cc1ccc(NC(=O)c2cc(N)cc(C(=O)Nc3ccc(C#C[Si](C)(C)C)cc3)c2)cc1. The summed E-state index contributed by atoms with van der Waals surface area (Å²) in [4.78, 5) is 25.8. The molecule has 0 aromatic heterocycles. The van der Waals surface area contributed by atoms with Gasteiger partial charge in [-0.25, -0.2) is 0 Å². The molecule has 0 fully saturated rings. The highest BCUT2D eigenvalue weighted by Crippen LogP contribution is 2.18. The molecule has 0 atom stereocenters. The molecule has 0 heterocycles. The number of rotatable bonds is 4. The minimum absolute atomic E-state index is 0.296. The highest BCUT2D eigenvalue weighted by Gasteiger charge is 2.14. The lowest BCUT2D eigenvalue weighted by Gasteiger charge is -2.10. The summed E-state index contributed by atoms with van der Waals surface area (Å²) < 4.78 is 0. The van der Waals surface area contributed by atoms with Gasteiger partial charge >= 0.3 is 0 Å². The maximum atomic E-state index is 12.9. The topological polar surface area (TPSA) is 84.2 Å². The van der Waals surface area contributed by atoms with Crippen LogP contribution in [0.4, 0.5) is 17.1 Å². The summed E-state index contributed by atoms with van der Waals surface area (Å²) in [5.74, 6) is 5.68. The molecule has 0 aliphatic rings. The number of carbonyl (C=O) groups excluding carboxylic acids is 2. The summed E-state index contributed by atoms with van der Waals surface area (Å²) >= 11 is 0. The first-order valence-corrected chi connectivity index (χ1v) is 19.1. The van der Waals surface area contributed by atoms with Gasteiger partial charge in [0, 0.05) is 39.3 Å². The number of anilines is 3. The van der Waals surface area contributed by atoms with Gasteiger partial charge in [0.2, 0.25) is 0 Å². The predicted octanol–water partition coefficient (Wildman–Crippen LogP) is 6.23. The first-order chi connectivity index (χ1) is 17.3. The smallest absolute Gasteiger partial charge is 0.255 e. The molecule has 37 heavy (non-hydrogen) atoms. The van der Waals surface area contributed by atoms with E-state index in [-0.39, 0.29) is 11.8 Å². The Labute approximate surface area is 221 Å². The van der Waals surface area contributed by atoms with Gasteiger partial charge in [-0.3, -0.25) is 9.59 Å². The van der Waals surface area contributed by atoms with E-state index in [1.54, 1.807) is 12.1 Å². The lowest BCUT2D eigenvalue weighted by atomic mass is 10.1. The number of carbonyl (C=O) groups is 2. The molecule has 2 amide bonds. The molecule has 0 saturated carbocycles. The third kappa shape index (κ3) is 9.16. The summed E-state index contributed by atoms with van der Waals surface area (Å²) in [7, 11) is -2.92. The molecular formula is C30H33N3O2Si2. The number of nitrogens with two attached hydrogens (primary N) is 1. The van der Waals surface area contributed by atoms with Crippen LogP contribution in [0, 0.1) is 22.9 Å². The number of nitrogen functional groups attached to an aromatic ring is 1. The van der Waals surface area contributed by atoms with Gasteiger partial charge in [0.05, 0.1) is 0 Å². The third-order valence-electron chi connectivity index (χ3n) is 4.93. The van der Waals surface area contributed by atoms with Crippen molar-refractivity contribution in [1.82, 2.24) is 0 Å². The van der Waals surface area contributed by atoms with Crippen LogP contribution < -0.4 is 16.4 Å². The standard InChI is InChI=1S/C30H33N3O2Si2/c1-36(2,3)17-15-22-7-11-27(12-8-22)32-29(34)24-19-25(21-26(31)20-24)30(35)33-28-13-9-23(10-14-28)16-18-37(4,5)6/h7-14,19-21H,31H2,1-6H3,(H,32,34)(H,33,35). The second-order valence-corrected chi connectivity index (χ2v) is 20.4. The molecule has 0 radical (unpaired) electrons. The maximum Gasteiger partial charge on any atom is 0.255 e. The van der Waals surface area contributed by atoms with Crippen LogP contribution in [0.3, 0.4) is 0 Å². The summed E-state index contributed by atoms with van der Waals surface area (Å²) in [5, 5.41) is 5.71. The van der Waals surface area contributed by atoms with Gasteiger partial charge in [-0.1, -0.05) is 51.1 Å². The Morgan fingerprint density at radius 2 is 0.973 bits per heavy atom. The zero-order valence-corrected chi connectivity index (χ0v) is 24.2. The van der Waals surface area contributed by atoms with Crippen molar-refractivity contribution >= 4 is 45.0 Å². The molecule has 0 saturated heterocycles. The Kier molecular flexibility index (Phi) is 8.44. The summed E-state index contributed by atoms with van der Waals surface area (Å²) in [5.41, 5.74) is 16.7. The van der Waals surface area contributed by atoms with Gasteiger partial charge in [0.15, 0.2) is 0 Å². The van der Waals surface area contributed by atoms with E-state index in [0.29, 0.717) is 28.2 Å². The van der Waals surface area contributed by atoms with Crippen LogP contribution in [0.15, 0.2) is 66.7 Å². The molecule has 0 aliphatic heterocycles. The van der Waals surface area contributed by atoms with Gasteiger partial charge in [0.25, 0.3) is 11.8 Å². The van der Waals surface area contributed by atoms with Gasteiger partial charge in [-0.15, -0.1) is 11.1 Å². The van der Waals surface area contributed by atoms with Crippen LogP contribution in [-0.2, 0) is 0 Å². The number of hydrogen-bond donors (Lipinski definition) is 3. The van der Waals surface area contributed by atoms with E-state index in [0.717, 1.165) is 11.1 Å². The molecule has 0 unspecified atom stereocenters. The Balaban J connectivity index is 1.70. The average Bonchev–Trinajstić information content (AvgIpc) is 2.82. The Morgan fingerprint density at radius 3 is 1.30 bits per heavy atom. The zero-order chi connectivity index (χ0) is 27.2. The average molecular weight is 524 g/mol. The molecular weight excluding hydrogens is 491 g/mol. The largest absolute Gasteiger partial charge is 0.399 e. The van der Waals surface area contributed by atoms with Gasteiger partial charge < -0.3 is 16.4 Å². The Bertz CT molecular complexity index is 1320. The molecule has 188 valence electrons. The molecule has 3 aromatic carbocycles. The molecule has 5 nitrogen and oxygen atoms in total. The summed E-state index contributed by atoms with van der Waals surface area (Å²) in [6.07, 6.45) is 0. The highest BCUT2D eigenvalue weighted by atomic mass is 28.3. The van der Waals surface area contributed by atoms with Crippen molar-refractivity contribution in [2.75, 3.05) is 16.4 Å². The van der Waals surface area contributed by atoms with E-state index in [9.17, 15) is 9.59 Å². The van der Waals surface area contributed by atoms with E-state index < -0.39 is 16.1 Å². The molecule has 3 aromatic rings. The fraction of sp³-hybridized carbons (Fsp3) is 0.200. The van der Waals surface area contributed by atoms with Crippen LogP contribution >= 0.6 is 0 Å². The molecule has 7 heteroatoms. The van der Waals surface area contributed by atoms with Crippen molar-refractivity contribution in [1.29, 1.82) is 0 Å². The van der Waals surface area contributed by atoms with Gasteiger partial charge in [-0.05, 0) is 66.7 Å². The molecule has 4 N–H and O–H groups in total. The second-order valence-electron chi connectivity index (χ2n) is 10.9. The quantitative estimate of drug-likeness (QED) is 0.215. The van der Waals surface area contributed by atoms with E-state index in [1.165, 1.54) is 6.07 Å².